The average Bonchev–Trinajstić information content (AvgIpc) is 3.14. The van der Waals surface area contributed by atoms with E-state index in [1.165, 1.54) is 49.3 Å². The van der Waals surface area contributed by atoms with Crippen LogP contribution in [0.5, 0.6) is 11.5 Å². The molecule has 0 bridgehead atoms. The summed E-state index contributed by atoms with van der Waals surface area (Å²) >= 11 is 0. The fraction of sp³-hybridized carbons (Fsp3) is 0.524. The van der Waals surface area contributed by atoms with E-state index < -0.39 is 13.9 Å². The van der Waals surface area contributed by atoms with E-state index in [2.05, 4.69) is 31.5 Å². The number of phenols is 1. The molecule has 0 spiro atoms. The number of benzene rings is 1. The zero-order chi connectivity index (χ0) is 21.4. The van der Waals surface area contributed by atoms with Gasteiger partial charge in [0.2, 0.25) is 12.6 Å². The number of carbonyl (C=O) groups excluding carboxylic acids is 1. The van der Waals surface area contributed by atoms with Crippen molar-refractivity contribution < 1.29 is 24.2 Å². The molecule has 0 aliphatic carbocycles. The average molecular weight is 421 g/mol. The topological polar surface area (TPSA) is 82.8 Å². The first kappa shape index (κ1) is 23.0. The van der Waals surface area contributed by atoms with Gasteiger partial charge in [0, 0.05) is 6.07 Å². The fourth-order valence-corrected chi connectivity index (χ4v) is 4.67. The molecule has 0 saturated carbocycles. The second kappa shape index (κ2) is 10.5. The number of imidazole rings is 1. The summed E-state index contributed by atoms with van der Waals surface area (Å²) in [5, 5.41) is 10.1. The van der Waals surface area contributed by atoms with Gasteiger partial charge in [0.05, 0.1) is 32.7 Å². The maximum absolute atomic E-state index is 12.8. The first-order valence-corrected chi connectivity index (χ1v) is 13.5. The van der Waals surface area contributed by atoms with E-state index in [1.54, 1.807) is 6.07 Å². The van der Waals surface area contributed by atoms with Gasteiger partial charge in [-0.2, -0.15) is 4.73 Å². The Balaban J connectivity index is 2.03. The van der Waals surface area contributed by atoms with Crippen LogP contribution in [0.15, 0.2) is 30.7 Å². The monoisotopic (exact) mass is 420 g/mol. The molecule has 2 rings (SSSR count). The third kappa shape index (κ3) is 6.33. The van der Waals surface area contributed by atoms with Gasteiger partial charge in [0.15, 0.2) is 0 Å². The molecule has 7 nitrogen and oxygen atoms in total. The molecular formula is C21H32N2O5Si. The molecule has 1 unspecified atom stereocenters. The van der Waals surface area contributed by atoms with E-state index in [4.69, 9.17) is 14.3 Å². The lowest BCUT2D eigenvalue weighted by Gasteiger charge is -2.29. The molecule has 8 heteroatoms. The summed E-state index contributed by atoms with van der Waals surface area (Å²) in [7, 11) is -0.00709. The maximum atomic E-state index is 12.8. The maximum Gasteiger partial charge on any atom is 0.218 e. The van der Waals surface area contributed by atoms with Crippen LogP contribution in [0.1, 0.15) is 48.7 Å². The Hall–Kier alpha value is -2.32. The molecule has 1 N–H and O–H groups in total. The number of hydrogen-bond acceptors (Lipinski definition) is 6. The number of aromatic hydroxyl groups is 1. The van der Waals surface area contributed by atoms with Gasteiger partial charge in [0.1, 0.15) is 23.5 Å². The van der Waals surface area contributed by atoms with E-state index in [0.29, 0.717) is 5.75 Å². The minimum atomic E-state index is -1.50. The number of phenolic OH excluding ortho intramolecular Hbond substituents is 1. The molecular weight excluding hydrogens is 388 g/mol. The van der Waals surface area contributed by atoms with Gasteiger partial charge >= 0.3 is 0 Å². The number of hydrogen-bond donors (Lipinski definition) is 1. The van der Waals surface area contributed by atoms with Crippen molar-refractivity contribution in [3.8, 4) is 11.5 Å². The minimum absolute atomic E-state index is 0.0340. The Labute approximate surface area is 173 Å². The highest BCUT2D eigenvalue weighted by atomic mass is 28.3. The Morgan fingerprint density at radius 3 is 2.66 bits per heavy atom. The molecule has 1 aromatic carbocycles. The zero-order valence-electron chi connectivity index (χ0n) is 18.0. The van der Waals surface area contributed by atoms with Crippen LogP contribution in [-0.4, -0.2) is 48.3 Å². The summed E-state index contributed by atoms with van der Waals surface area (Å²) in [6, 6.07) is 4.53. The molecule has 0 aliphatic heterocycles. The highest BCUT2D eigenvalue weighted by molar-refractivity contribution is 6.77. The van der Waals surface area contributed by atoms with Gasteiger partial charge in [-0.15, -0.1) is 0 Å². The number of carbonyl (C=O) groups is 1. The van der Waals surface area contributed by atoms with Crippen LogP contribution in [0, 0.1) is 0 Å². The minimum Gasteiger partial charge on any atom is -0.507 e. The lowest BCUT2D eigenvalue weighted by Crippen LogP contribution is -2.41. The standard InChI is InChI=1S/C21H32N2O5Si/c1-6-7-8-9-20(29(3,4)5)27-15-28-23-14-22-13-18(23)21(25)17-11-10-16(26-2)12-19(17)24/h10-14,20,24H,6-9,15H2,1-5H3. The van der Waals surface area contributed by atoms with Gasteiger partial charge in [-0.25, -0.2) is 4.98 Å². The van der Waals surface area contributed by atoms with E-state index in [9.17, 15) is 9.90 Å². The van der Waals surface area contributed by atoms with Crippen LogP contribution in [0.2, 0.25) is 19.6 Å². The van der Waals surface area contributed by atoms with Crippen molar-refractivity contribution in [2.24, 2.45) is 0 Å². The van der Waals surface area contributed by atoms with Gasteiger partial charge in [-0.1, -0.05) is 45.8 Å². The second-order valence-electron chi connectivity index (χ2n) is 8.08. The smallest absolute Gasteiger partial charge is 0.218 e. The van der Waals surface area contributed by atoms with Crippen LogP contribution in [0.4, 0.5) is 0 Å². The zero-order valence-corrected chi connectivity index (χ0v) is 19.0. The third-order valence-electron chi connectivity index (χ3n) is 4.78. The van der Waals surface area contributed by atoms with E-state index in [0.717, 1.165) is 12.8 Å². The summed E-state index contributed by atoms with van der Waals surface area (Å²) in [5.74, 6) is -0.0851. The Bertz CT molecular complexity index is 801. The van der Waals surface area contributed by atoms with Crippen molar-refractivity contribution in [1.82, 2.24) is 9.71 Å². The molecule has 1 aromatic heterocycles. The molecule has 160 valence electrons. The van der Waals surface area contributed by atoms with Crippen molar-refractivity contribution in [3.05, 3.63) is 42.0 Å². The van der Waals surface area contributed by atoms with Crippen LogP contribution in [0.3, 0.4) is 0 Å². The molecule has 0 saturated heterocycles. The molecule has 0 aliphatic rings. The summed E-state index contributed by atoms with van der Waals surface area (Å²) in [4.78, 5) is 22.5. The quantitative estimate of drug-likeness (QED) is 0.241. The molecule has 29 heavy (non-hydrogen) atoms. The molecule has 0 amide bonds. The summed E-state index contributed by atoms with van der Waals surface area (Å²) in [6.07, 6.45) is 7.34. The Kier molecular flexibility index (Phi) is 8.28. The van der Waals surface area contributed by atoms with Crippen LogP contribution >= 0.6 is 0 Å². The van der Waals surface area contributed by atoms with Crippen molar-refractivity contribution >= 4 is 13.9 Å². The molecule has 1 heterocycles. The largest absolute Gasteiger partial charge is 0.507 e. The van der Waals surface area contributed by atoms with Gasteiger partial charge in [-0.05, 0) is 18.6 Å². The van der Waals surface area contributed by atoms with Gasteiger partial charge in [-0.3, -0.25) is 4.79 Å². The molecule has 2 aromatic rings. The van der Waals surface area contributed by atoms with Gasteiger partial charge < -0.3 is 19.4 Å². The van der Waals surface area contributed by atoms with Crippen LogP contribution < -0.4 is 9.57 Å². The number of nitrogens with zero attached hydrogens (tertiary/aromatic N) is 2. The SMILES string of the molecule is CCCCCC(OCOn1cncc1C(=O)c1ccc(OC)cc1O)[Si](C)(C)C. The second-order valence-corrected chi connectivity index (χ2v) is 13.5. The highest BCUT2D eigenvalue weighted by Crippen LogP contribution is 2.25. The number of ether oxygens (including phenoxy) is 2. The summed E-state index contributed by atoms with van der Waals surface area (Å²) < 4.78 is 12.4. The Morgan fingerprint density at radius 1 is 1.28 bits per heavy atom. The van der Waals surface area contributed by atoms with Crippen molar-refractivity contribution in [2.45, 2.75) is 58.0 Å². The van der Waals surface area contributed by atoms with Gasteiger partial charge in [0.25, 0.3) is 0 Å². The van der Waals surface area contributed by atoms with Crippen LogP contribution in [0.25, 0.3) is 0 Å². The predicted molar refractivity (Wildman–Crippen MR) is 114 cm³/mol. The molecule has 0 radical (unpaired) electrons. The van der Waals surface area contributed by atoms with E-state index >= 15 is 0 Å². The molecule has 0 fully saturated rings. The van der Waals surface area contributed by atoms with E-state index in [1.807, 2.05) is 0 Å². The third-order valence-corrected chi connectivity index (χ3v) is 7.17. The van der Waals surface area contributed by atoms with Crippen LogP contribution in [-0.2, 0) is 4.74 Å². The van der Waals surface area contributed by atoms with Crippen molar-refractivity contribution in [3.63, 3.8) is 0 Å². The summed E-state index contributed by atoms with van der Waals surface area (Å²) in [5.41, 5.74) is 0.545. The number of unbranched alkanes of at least 4 members (excludes halogenated alkanes) is 2. The molecule has 1 atom stereocenters. The predicted octanol–water partition coefficient (Wildman–Crippen LogP) is 4.06. The lowest BCUT2D eigenvalue weighted by molar-refractivity contribution is -0.0770. The highest BCUT2D eigenvalue weighted by Gasteiger charge is 2.27. The first-order chi connectivity index (χ1) is 13.8. The number of rotatable bonds is 12. The van der Waals surface area contributed by atoms with E-state index in [-0.39, 0.29) is 29.5 Å². The first-order valence-electron chi connectivity index (χ1n) is 9.96. The normalized spacial score (nSPS) is 12.6. The number of ketones is 1. The summed E-state index contributed by atoms with van der Waals surface area (Å²) in [6.45, 7) is 9.06. The van der Waals surface area contributed by atoms with Crippen molar-refractivity contribution in [2.75, 3.05) is 13.9 Å². The number of aromatic nitrogens is 2. The fourth-order valence-electron chi connectivity index (χ4n) is 3.03. The Morgan fingerprint density at radius 2 is 2.03 bits per heavy atom. The number of methoxy groups -OCH3 is 1. The van der Waals surface area contributed by atoms with Crippen molar-refractivity contribution in [1.29, 1.82) is 0 Å². The lowest BCUT2D eigenvalue weighted by atomic mass is 10.1.